The van der Waals surface area contributed by atoms with Crippen LogP contribution in [0.1, 0.15) is 18.1 Å². The number of anilines is 1. The van der Waals surface area contributed by atoms with Crippen molar-refractivity contribution in [2.75, 3.05) is 29.7 Å². The zero-order valence-corrected chi connectivity index (χ0v) is 18.6. The number of rotatable bonds is 9. The highest BCUT2D eigenvalue weighted by Gasteiger charge is 2.11. The van der Waals surface area contributed by atoms with Gasteiger partial charge in [0.15, 0.2) is 5.78 Å². The molecule has 0 aliphatic carbocycles. The van der Waals surface area contributed by atoms with Gasteiger partial charge in [0.2, 0.25) is 5.95 Å². The summed E-state index contributed by atoms with van der Waals surface area (Å²) in [5.74, 6) is 1.73. The van der Waals surface area contributed by atoms with E-state index in [1.54, 1.807) is 18.4 Å². The highest BCUT2D eigenvalue weighted by atomic mass is 35.5. The molecule has 1 heterocycles. The van der Waals surface area contributed by atoms with Crippen molar-refractivity contribution in [2.24, 2.45) is 12.0 Å². The zero-order valence-electron chi connectivity index (χ0n) is 17.1. The summed E-state index contributed by atoms with van der Waals surface area (Å²) in [5, 5.41) is 0. The predicted octanol–water partition coefficient (Wildman–Crippen LogP) is 5.21. The van der Waals surface area contributed by atoms with Crippen molar-refractivity contribution in [3.05, 3.63) is 59.7 Å². The Balaban J connectivity index is 1.82. The lowest BCUT2D eigenvalue weighted by atomic mass is 10.1. The number of hydrogen-bond donors (Lipinski definition) is 0. The number of alkyl halides is 2. The highest BCUT2D eigenvalue weighted by molar-refractivity contribution is 6.18. The van der Waals surface area contributed by atoms with Crippen molar-refractivity contribution >= 4 is 63.9 Å². The first kappa shape index (κ1) is 22.1. The van der Waals surface area contributed by atoms with Gasteiger partial charge in [-0.25, -0.2) is 9.98 Å². The topological polar surface area (TPSA) is 50.5 Å². The van der Waals surface area contributed by atoms with Gasteiger partial charge in [-0.1, -0.05) is 30.3 Å². The van der Waals surface area contributed by atoms with Gasteiger partial charge < -0.3 is 9.47 Å². The molecule has 0 fully saturated rings. The lowest BCUT2D eigenvalue weighted by Gasteiger charge is -2.22. The molecule has 0 bridgehead atoms. The molecule has 0 N–H and O–H groups in total. The minimum absolute atomic E-state index is 0.0269. The van der Waals surface area contributed by atoms with Gasteiger partial charge in [-0.05, 0) is 42.3 Å². The molecule has 0 saturated heterocycles. The summed E-state index contributed by atoms with van der Waals surface area (Å²) < 4.78 is 1.97. The molecule has 3 rings (SSSR count). The number of ketones is 1. The molecule has 3 aromatic rings. The van der Waals surface area contributed by atoms with E-state index in [1.807, 2.05) is 48.0 Å². The molecule has 30 heavy (non-hydrogen) atoms. The van der Waals surface area contributed by atoms with Crippen LogP contribution in [0.3, 0.4) is 0 Å². The number of imidazole rings is 1. The predicted molar refractivity (Wildman–Crippen MR) is 128 cm³/mol. The molecule has 0 aliphatic rings. The Morgan fingerprint density at radius 1 is 1.10 bits per heavy atom. The Hall–Kier alpha value is -2.63. The molecule has 0 spiro atoms. The first-order valence-corrected chi connectivity index (χ1v) is 10.7. The molecule has 7 heteroatoms. The number of carbonyl (C=O) groups excluding carboxylic acids is 1. The molecular formula is C23H24Cl2N4O. The van der Waals surface area contributed by atoms with Gasteiger partial charge in [-0.3, -0.25) is 4.79 Å². The van der Waals surface area contributed by atoms with Gasteiger partial charge in [0.25, 0.3) is 0 Å². The smallest absolute Gasteiger partial charge is 0.230 e. The van der Waals surface area contributed by atoms with Gasteiger partial charge >= 0.3 is 0 Å². The summed E-state index contributed by atoms with van der Waals surface area (Å²) in [4.78, 5) is 22.4. The number of allylic oxidation sites excluding steroid dienone is 1. The van der Waals surface area contributed by atoms with Crippen molar-refractivity contribution in [3.8, 4) is 0 Å². The van der Waals surface area contributed by atoms with Crippen LogP contribution in [0, 0.1) is 0 Å². The molecule has 0 saturated carbocycles. The molecule has 1 aromatic heterocycles. The number of aliphatic imine (C=N–C) groups is 1. The number of aromatic nitrogens is 2. The van der Waals surface area contributed by atoms with Crippen LogP contribution >= 0.6 is 23.2 Å². The largest absolute Gasteiger partial charge is 0.369 e. The standard InChI is InChI=1S/C23H24Cl2N4O/c1-17(30)3-4-18-5-7-19(8-6-18)16-26-23-27-21-15-20(9-10-22(21)28(23)2)29(13-11-24)14-12-25/h3-10,15-16H,11-14H2,1-2H3. The van der Waals surface area contributed by atoms with Crippen LogP contribution in [0.4, 0.5) is 11.6 Å². The maximum absolute atomic E-state index is 11.0. The fourth-order valence-electron chi connectivity index (χ4n) is 3.10. The molecule has 0 radical (unpaired) electrons. The second-order valence-corrected chi connectivity index (χ2v) is 7.63. The number of carbonyl (C=O) groups is 1. The van der Waals surface area contributed by atoms with Crippen LogP contribution in [-0.4, -0.2) is 46.4 Å². The maximum Gasteiger partial charge on any atom is 0.230 e. The van der Waals surface area contributed by atoms with E-state index in [2.05, 4.69) is 20.9 Å². The minimum Gasteiger partial charge on any atom is -0.369 e. The number of fused-ring (bicyclic) bond motifs is 1. The van der Waals surface area contributed by atoms with Crippen molar-refractivity contribution < 1.29 is 4.79 Å². The summed E-state index contributed by atoms with van der Waals surface area (Å²) in [6.07, 6.45) is 5.14. The lowest BCUT2D eigenvalue weighted by molar-refractivity contribution is -0.112. The molecule has 0 atom stereocenters. The molecular weight excluding hydrogens is 419 g/mol. The van der Waals surface area contributed by atoms with Gasteiger partial charge in [-0.2, -0.15) is 0 Å². The van der Waals surface area contributed by atoms with Crippen LogP contribution in [0.5, 0.6) is 0 Å². The van der Waals surface area contributed by atoms with Crippen LogP contribution in [0.25, 0.3) is 17.1 Å². The third kappa shape index (κ3) is 5.49. The Labute approximate surface area is 186 Å². The fraction of sp³-hybridized carbons (Fsp3) is 0.261. The first-order chi connectivity index (χ1) is 14.5. The summed E-state index contributed by atoms with van der Waals surface area (Å²) >= 11 is 11.9. The Morgan fingerprint density at radius 3 is 2.40 bits per heavy atom. The fourth-order valence-corrected chi connectivity index (χ4v) is 3.51. The van der Waals surface area contributed by atoms with Crippen molar-refractivity contribution in [1.82, 2.24) is 9.55 Å². The number of halogens is 2. The molecule has 0 aliphatic heterocycles. The van der Waals surface area contributed by atoms with Crippen molar-refractivity contribution in [2.45, 2.75) is 6.92 Å². The van der Waals surface area contributed by atoms with E-state index in [0.29, 0.717) is 17.7 Å². The molecule has 5 nitrogen and oxygen atoms in total. The number of benzene rings is 2. The van der Waals surface area contributed by atoms with E-state index in [4.69, 9.17) is 23.2 Å². The second kappa shape index (κ2) is 10.4. The van der Waals surface area contributed by atoms with Crippen LogP contribution in [-0.2, 0) is 11.8 Å². The highest BCUT2D eigenvalue weighted by Crippen LogP contribution is 2.25. The third-order valence-corrected chi connectivity index (χ3v) is 5.03. The number of hydrogen-bond acceptors (Lipinski definition) is 4. The van der Waals surface area contributed by atoms with E-state index in [9.17, 15) is 4.79 Å². The van der Waals surface area contributed by atoms with Gasteiger partial charge in [0, 0.05) is 43.8 Å². The lowest BCUT2D eigenvalue weighted by Crippen LogP contribution is -2.27. The van der Waals surface area contributed by atoms with Gasteiger partial charge in [0.1, 0.15) is 0 Å². The Kier molecular flexibility index (Phi) is 7.66. The third-order valence-electron chi connectivity index (χ3n) is 4.69. The molecule has 156 valence electrons. The number of aryl methyl sites for hydroxylation is 1. The van der Waals surface area contributed by atoms with E-state index < -0.39 is 0 Å². The van der Waals surface area contributed by atoms with Gasteiger partial charge in [0.05, 0.1) is 11.0 Å². The van der Waals surface area contributed by atoms with Crippen LogP contribution < -0.4 is 4.90 Å². The van der Waals surface area contributed by atoms with Crippen molar-refractivity contribution in [3.63, 3.8) is 0 Å². The maximum atomic E-state index is 11.0. The van der Waals surface area contributed by atoms with E-state index >= 15 is 0 Å². The van der Waals surface area contributed by atoms with Crippen molar-refractivity contribution in [1.29, 1.82) is 0 Å². The van der Waals surface area contributed by atoms with Crippen LogP contribution in [0.2, 0.25) is 0 Å². The van der Waals surface area contributed by atoms with Gasteiger partial charge in [-0.15, -0.1) is 23.2 Å². The normalized spacial score (nSPS) is 11.7. The average Bonchev–Trinajstić information content (AvgIpc) is 3.06. The summed E-state index contributed by atoms with van der Waals surface area (Å²) in [7, 11) is 1.95. The second-order valence-electron chi connectivity index (χ2n) is 6.88. The number of nitrogens with zero attached hydrogens (tertiary/aromatic N) is 4. The molecule has 2 aromatic carbocycles. The Bertz CT molecular complexity index is 1060. The minimum atomic E-state index is 0.0269. The van der Waals surface area contributed by atoms with E-state index in [0.717, 1.165) is 40.9 Å². The summed E-state index contributed by atoms with van der Waals surface area (Å²) in [5.41, 5.74) is 4.86. The zero-order chi connectivity index (χ0) is 21.5. The summed E-state index contributed by atoms with van der Waals surface area (Å²) in [6.45, 7) is 3.00. The monoisotopic (exact) mass is 442 g/mol. The average molecular weight is 443 g/mol. The molecule has 0 unspecified atom stereocenters. The SMILES string of the molecule is CC(=O)C=Cc1ccc(C=Nc2nc3cc(N(CCCl)CCCl)ccc3n2C)cc1. The van der Waals surface area contributed by atoms with E-state index in [1.165, 1.54) is 6.92 Å². The summed E-state index contributed by atoms with van der Waals surface area (Å²) in [6, 6.07) is 14.0. The Morgan fingerprint density at radius 2 is 1.77 bits per heavy atom. The van der Waals surface area contributed by atoms with E-state index in [-0.39, 0.29) is 5.78 Å². The first-order valence-electron chi connectivity index (χ1n) is 9.68. The quantitative estimate of drug-likeness (QED) is 0.259. The molecule has 0 amide bonds. The van der Waals surface area contributed by atoms with Crippen LogP contribution in [0.15, 0.2) is 53.5 Å².